The summed E-state index contributed by atoms with van der Waals surface area (Å²) in [6.45, 7) is 6.85. The minimum Gasteiger partial charge on any atom is -0.310 e. The number of aryl methyl sites for hydroxylation is 1. The number of nitrogens with one attached hydrogen (secondary N) is 1. The number of hydrogen-bond acceptors (Lipinski definition) is 3. The first-order valence-electron chi connectivity index (χ1n) is 7.55. The van der Waals surface area contributed by atoms with Gasteiger partial charge in [0.2, 0.25) is 0 Å². The number of benzene rings is 1. The second kappa shape index (κ2) is 8.42. The van der Waals surface area contributed by atoms with E-state index in [2.05, 4.69) is 43.4 Å². The molecule has 0 heterocycles. The van der Waals surface area contributed by atoms with Crippen LogP contribution in [-0.2, 0) is 16.3 Å². The zero-order chi connectivity index (χ0) is 15.0. The molecule has 1 unspecified atom stereocenters. The molecule has 0 spiro atoms. The third kappa shape index (κ3) is 5.25. The lowest BCUT2D eigenvalue weighted by molar-refractivity contribution is 0.503. The van der Waals surface area contributed by atoms with Crippen LogP contribution >= 0.6 is 0 Å². The van der Waals surface area contributed by atoms with Crippen molar-refractivity contribution in [1.29, 1.82) is 0 Å². The molecule has 4 heteroatoms. The molecule has 1 atom stereocenters. The third-order valence-electron chi connectivity index (χ3n) is 3.65. The Balaban J connectivity index is 2.74. The number of rotatable bonds is 9. The highest BCUT2D eigenvalue weighted by molar-refractivity contribution is 7.91. The van der Waals surface area contributed by atoms with Crippen molar-refractivity contribution in [3.05, 3.63) is 35.4 Å². The van der Waals surface area contributed by atoms with E-state index in [4.69, 9.17) is 0 Å². The molecule has 0 saturated heterocycles. The van der Waals surface area contributed by atoms with E-state index in [1.165, 1.54) is 11.1 Å². The van der Waals surface area contributed by atoms with E-state index in [9.17, 15) is 8.42 Å². The van der Waals surface area contributed by atoms with Crippen molar-refractivity contribution in [3.63, 3.8) is 0 Å². The van der Waals surface area contributed by atoms with Crippen LogP contribution in [-0.4, -0.2) is 26.5 Å². The maximum atomic E-state index is 11.6. The minimum atomic E-state index is -2.86. The second-order valence-electron chi connectivity index (χ2n) is 5.04. The van der Waals surface area contributed by atoms with Gasteiger partial charge >= 0.3 is 0 Å². The summed E-state index contributed by atoms with van der Waals surface area (Å²) in [4.78, 5) is 0. The summed E-state index contributed by atoms with van der Waals surface area (Å²) in [5, 5.41) is 3.48. The molecule has 1 rings (SSSR count). The van der Waals surface area contributed by atoms with Gasteiger partial charge < -0.3 is 5.32 Å². The van der Waals surface area contributed by atoms with E-state index in [1.807, 2.05) is 0 Å². The molecule has 0 fully saturated rings. The Morgan fingerprint density at radius 1 is 1.15 bits per heavy atom. The van der Waals surface area contributed by atoms with E-state index in [1.54, 1.807) is 6.92 Å². The maximum absolute atomic E-state index is 11.6. The normalized spacial score (nSPS) is 13.3. The summed E-state index contributed by atoms with van der Waals surface area (Å²) < 4.78 is 23.2. The molecule has 0 radical (unpaired) electrons. The second-order valence-corrected chi connectivity index (χ2v) is 7.51. The predicted octanol–water partition coefficient (Wildman–Crippen LogP) is 3.11. The van der Waals surface area contributed by atoms with E-state index >= 15 is 0 Å². The van der Waals surface area contributed by atoms with Gasteiger partial charge in [-0.25, -0.2) is 8.42 Å². The molecule has 1 N–H and O–H groups in total. The SMILES string of the molecule is CCNC(CCCS(=O)(=O)CC)c1ccccc1CC. The van der Waals surface area contributed by atoms with Gasteiger partial charge in [0.1, 0.15) is 9.84 Å². The van der Waals surface area contributed by atoms with Gasteiger partial charge in [0.25, 0.3) is 0 Å². The Hall–Kier alpha value is -0.870. The fourth-order valence-corrected chi connectivity index (χ4v) is 3.36. The summed E-state index contributed by atoms with van der Waals surface area (Å²) in [5.41, 5.74) is 2.66. The molecule has 20 heavy (non-hydrogen) atoms. The van der Waals surface area contributed by atoms with Gasteiger partial charge in [0.05, 0.1) is 5.75 Å². The van der Waals surface area contributed by atoms with Crippen molar-refractivity contribution >= 4 is 9.84 Å². The van der Waals surface area contributed by atoms with Crippen molar-refractivity contribution in [2.75, 3.05) is 18.1 Å². The van der Waals surface area contributed by atoms with Crippen LogP contribution in [0.25, 0.3) is 0 Å². The van der Waals surface area contributed by atoms with Crippen LogP contribution < -0.4 is 5.32 Å². The van der Waals surface area contributed by atoms with E-state index in [-0.39, 0.29) is 11.8 Å². The van der Waals surface area contributed by atoms with Gasteiger partial charge in [-0.05, 0) is 36.9 Å². The van der Waals surface area contributed by atoms with Crippen LogP contribution in [0.1, 0.15) is 50.8 Å². The molecule has 1 aromatic carbocycles. The zero-order valence-electron chi connectivity index (χ0n) is 12.9. The molecule has 0 aliphatic carbocycles. The zero-order valence-corrected chi connectivity index (χ0v) is 13.7. The largest absolute Gasteiger partial charge is 0.310 e. The van der Waals surface area contributed by atoms with Gasteiger partial charge in [-0.2, -0.15) is 0 Å². The Kier molecular flexibility index (Phi) is 7.24. The fraction of sp³-hybridized carbons (Fsp3) is 0.625. The Morgan fingerprint density at radius 2 is 1.85 bits per heavy atom. The van der Waals surface area contributed by atoms with Crippen molar-refractivity contribution in [1.82, 2.24) is 5.32 Å². The van der Waals surface area contributed by atoms with Gasteiger partial charge in [-0.1, -0.05) is 45.0 Å². The minimum absolute atomic E-state index is 0.240. The number of hydrogen-bond donors (Lipinski definition) is 1. The van der Waals surface area contributed by atoms with Crippen molar-refractivity contribution in [2.45, 2.75) is 46.1 Å². The highest BCUT2D eigenvalue weighted by Crippen LogP contribution is 2.23. The standard InChI is InChI=1S/C16H27NO2S/c1-4-14-10-7-8-11-15(14)16(17-5-2)12-9-13-20(18,19)6-3/h7-8,10-11,16-17H,4-6,9,12-13H2,1-3H3. The van der Waals surface area contributed by atoms with Crippen LogP contribution in [0.3, 0.4) is 0 Å². The lowest BCUT2D eigenvalue weighted by atomic mass is 9.95. The quantitative estimate of drug-likeness (QED) is 0.762. The van der Waals surface area contributed by atoms with Gasteiger partial charge in [0, 0.05) is 11.8 Å². The van der Waals surface area contributed by atoms with E-state index in [0.29, 0.717) is 12.2 Å². The highest BCUT2D eigenvalue weighted by Gasteiger charge is 2.15. The maximum Gasteiger partial charge on any atom is 0.150 e. The molecule has 3 nitrogen and oxygen atoms in total. The van der Waals surface area contributed by atoms with Crippen LogP contribution in [0.4, 0.5) is 0 Å². The average Bonchev–Trinajstić information content (AvgIpc) is 2.46. The molecule has 0 bridgehead atoms. The lowest BCUT2D eigenvalue weighted by Crippen LogP contribution is -2.23. The molecule has 0 saturated carbocycles. The van der Waals surface area contributed by atoms with Crippen LogP contribution in [0.2, 0.25) is 0 Å². The van der Waals surface area contributed by atoms with Gasteiger partial charge in [-0.15, -0.1) is 0 Å². The first-order valence-corrected chi connectivity index (χ1v) is 9.37. The topological polar surface area (TPSA) is 46.2 Å². The highest BCUT2D eigenvalue weighted by atomic mass is 32.2. The smallest absolute Gasteiger partial charge is 0.150 e. The fourth-order valence-electron chi connectivity index (χ4n) is 2.46. The van der Waals surface area contributed by atoms with Crippen molar-refractivity contribution in [3.8, 4) is 0 Å². The molecule has 0 amide bonds. The van der Waals surface area contributed by atoms with Crippen molar-refractivity contribution in [2.24, 2.45) is 0 Å². The molecule has 0 aliphatic heterocycles. The molecular weight excluding hydrogens is 270 g/mol. The predicted molar refractivity (Wildman–Crippen MR) is 85.8 cm³/mol. The molecule has 114 valence electrons. The first-order chi connectivity index (χ1) is 9.54. The average molecular weight is 297 g/mol. The Bertz CT molecular complexity index is 497. The summed E-state index contributed by atoms with van der Waals surface area (Å²) in [5.74, 6) is 0.532. The van der Waals surface area contributed by atoms with Crippen LogP contribution in [0.15, 0.2) is 24.3 Å². The monoisotopic (exact) mass is 297 g/mol. The van der Waals surface area contributed by atoms with Gasteiger partial charge in [-0.3, -0.25) is 0 Å². The first kappa shape index (κ1) is 17.2. The molecule has 1 aromatic rings. The Morgan fingerprint density at radius 3 is 2.45 bits per heavy atom. The molecule has 0 aromatic heterocycles. The summed E-state index contributed by atoms with van der Waals surface area (Å²) in [6, 6.07) is 8.68. The van der Waals surface area contributed by atoms with Crippen LogP contribution in [0, 0.1) is 0 Å². The van der Waals surface area contributed by atoms with E-state index in [0.717, 1.165) is 19.4 Å². The number of sulfone groups is 1. The van der Waals surface area contributed by atoms with Crippen LogP contribution in [0.5, 0.6) is 0 Å². The van der Waals surface area contributed by atoms with E-state index < -0.39 is 9.84 Å². The van der Waals surface area contributed by atoms with Crippen molar-refractivity contribution < 1.29 is 8.42 Å². The summed E-state index contributed by atoms with van der Waals surface area (Å²) in [6.07, 6.45) is 2.58. The Labute approximate surface area is 123 Å². The van der Waals surface area contributed by atoms with Gasteiger partial charge in [0.15, 0.2) is 0 Å². The summed E-state index contributed by atoms with van der Waals surface area (Å²) >= 11 is 0. The molecular formula is C16H27NO2S. The third-order valence-corrected chi connectivity index (χ3v) is 5.44. The summed E-state index contributed by atoms with van der Waals surface area (Å²) in [7, 11) is -2.86. The lowest BCUT2D eigenvalue weighted by Gasteiger charge is -2.21. The molecule has 0 aliphatic rings.